The van der Waals surface area contributed by atoms with Crippen molar-refractivity contribution < 1.29 is 9.90 Å². The van der Waals surface area contributed by atoms with Crippen LogP contribution in [0.15, 0.2) is 6.20 Å². The molecule has 4 rings (SSSR count). The van der Waals surface area contributed by atoms with Crippen molar-refractivity contribution in [3.8, 4) is 0 Å². The Labute approximate surface area is 147 Å². The summed E-state index contributed by atoms with van der Waals surface area (Å²) in [4.78, 5) is 12.8. The number of amides is 1. The predicted octanol–water partition coefficient (Wildman–Crippen LogP) is 1.36. The minimum atomic E-state index is -0.0476. The number of nitrogens with one attached hydrogen (secondary N) is 1. The molecule has 0 saturated heterocycles. The lowest BCUT2D eigenvalue weighted by atomic mass is 9.84. The molecule has 0 aliphatic heterocycles. The first-order chi connectivity index (χ1) is 11.6. The normalized spacial score (nSPS) is 30.6. The van der Waals surface area contributed by atoms with E-state index in [9.17, 15) is 9.90 Å². The van der Waals surface area contributed by atoms with Gasteiger partial charge in [0.25, 0.3) is 5.91 Å². The van der Waals surface area contributed by atoms with E-state index < -0.39 is 0 Å². The second-order valence-electron chi connectivity index (χ2n) is 7.71. The standard InChI is InChI=1S/C19H25ClN2O2/c20-14-1-2-15-16(11-22(7-8-23)17(15)9-14)18(24)21-12-19-5-3-13(10-19)4-6-19/h2,9,11,13-14,23H,1,3-8,10,12H2,(H,21,24). The van der Waals surface area contributed by atoms with E-state index in [1.807, 2.05) is 16.8 Å². The average molecular weight is 349 g/mol. The summed E-state index contributed by atoms with van der Waals surface area (Å²) in [5.74, 6) is 0.897. The van der Waals surface area contributed by atoms with Crippen molar-refractivity contribution in [2.24, 2.45) is 11.3 Å². The Bertz CT molecular complexity index is 759. The summed E-state index contributed by atoms with van der Waals surface area (Å²) < 4.78 is 1.94. The Morgan fingerprint density at radius 3 is 2.88 bits per heavy atom. The highest BCUT2D eigenvalue weighted by atomic mass is 35.5. The minimum Gasteiger partial charge on any atom is -0.395 e. The Morgan fingerprint density at radius 1 is 1.42 bits per heavy atom. The number of alkyl halides is 1. The van der Waals surface area contributed by atoms with Gasteiger partial charge in [-0.25, -0.2) is 0 Å². The summed E-state index contributed by atoms with van der Waals surface area (Å²) in [5, 5.41) is 14.3. The van der Waals surface area contributed by atoms with E-state index in [0.29, 0.717) is 17.5 Å². The fourth-order valence-electron chi connectivity index (χ4n) is 4.85. The third kappa shape index (κ3) is 2.80. The zero-order chi connectivity index (χ0) is 16.7. The summed E-state index contributed by atoms with van der Waals surface area (Å²) in [5.41, 5.74) is 1.06. The van der Waals surface area contributed by atoms with Gasteiger partial charge in [-0.1, -0.05) is 6.08 Å². The van der Waals surface area contributed by atoms with Gasteiger partial charge in [-0.3, -0.25) is 4.79 Å². The Hall–Kier alpha value is -1.26. The number of aliphatic hydroxyl groups is 1. The van der Waals surface area contributed by atoms with Crippen LogP contribution in [-0.4, -0.2) is 34.1 Å². The van der Waals surface area contributed by atoms with Gasteiger partial charge in [0, 0.05) is 29.9 Å². The monoisotopic (exact) mass is 348 g/mol. The Balaban J connectivity index is 1.57. The highest BCUT2D eigenvalue weighted by molar-refractivity contribution is 6.24. The van der Waals surface area contributed by atoms with Crippen LogP contribution in [0, 0.1) is 11.3 Å². The second kappa shape index (κ2) is 6.23. The van der Waals surface area contributed by atoms with Crippen molar-refractivity contribution in [3.63, 3.8) is 0 Å². The molecule has 5 heteroatoms. The Morgan fingerprint density at radius 2 is 2.21 bits per heavy atom. The molecule has 2 fully saturated rings. The number of hydrogen-bond donors (Lipinski definition) is 2. The molecule has 4 nitrogen and oxygen atoms in total. The topological polar surface area (TPSA) is 54.3 Å². The van der Waals surface area contributed by atoms with Crippen molar-refractivity contribution in [2.75, 3.05) is 13.2 Å². The lowest BCUT2D eigenvalue weighted by molar-refractivity contribution is 0.0929. The molecule has 3 aliphatic rings. The van der Waals surface area contributed by atoms with Crippen LogP contribution < -0.4 is 15.9 Å². The molecule has 2 saturated carbocycles. The largest absolute Gasteiger partial charge is 0.395 e. The summed E-state index contributed by atoms with van der Waals surface area (Å²) in [6, 6.07) is 0. The molecule has 1 unspecified atom stereocenters. The van der Waals surface area contributed by atoms with Gasteiger partial charge in [-0.15, -0.1) is 11.6 Å². The smallest absolute Gasteiger partial charge is 0.253 e. The molecule has 0 aromatic carbocycles. The van der Waals surface area contributed by atoms with Gasteiger partial charge in [-0.2, -0.15) is 0 Å². The maximum atomic E-state index is 12.8. The maximum absolute atomic E-state index is 12.8. The quantitative estimate of drug-likeness (QED) is 0.789. The van der Waals surface area contributed by atoms with Crippen molar-refractivity contribution in [2.45, 2.75) is 50.4 Å². The molecule has 0 radical (unpaired) electrons. The van der Waals surface area contributed by atoms with E-state index in [1.165, 1.54) is 32.1 Å². The molecule has 1 atom stereocenters. The van der Waals surface area contributed by atoms with Crippen LogP contribution in [0.2, 0.25) is 0 Å². The zero-order valence-electron chi connectivity index (χ0n) is 13.9. The predicted molar refractivity (Wildman–Crippen MR) is 95.3 cm³/mol. The van der Waals surface area contributed by atoms with Crippen molar-refractivity contribution in [1.29, 1.82) is 0 Å². The van der Waals surface area contributed by atoms with Crippen molar-refractivity contribution in [3.05, 3.63) is 22.3 Å². The van der Waals surface area contributed by atoms with Crippen LogP contribution in [0.1, 0.15) is 48.9 Å². The number of carbonyl (C=O) groups excluding carboxylic acids is 1. The average Bonchev–Trinajstić information content (AvgIpc) is 3.27. The minimum absolute atomic E-state index is 0.00494. The first-order valence-corrected chi connectivity index (χ1v) is 9.48. The fourth-order valence-corrected chi connectivity index (χ4v) is 5.06. The zero-order valence-corrected chi connectivity index (χ0v) is 14.7. The first kappa shape index (κ1) is 16.2. The van der Waals surface area contributed by atoms with Gasteiger partial charge in [0.15, 0.2) is 0 Å². The number of aliphatic hydroxyl groups excluding tert-OH is 1. The SMILES string of the molecule is O=C(NCC12CCC(CC1)C2)c1cn(CCO)c2c1=CCC(Cl)C=2. The number of aromatic nitrogens is 1. The maximum Gasteiger partial charge on any atom is 0.253 e. The molecule has 1 amide bonds. The molecule has 1 aromatic heterocycles. The summed E-state index contributed by atoms with van der Waals surface area (Å²) in [6.07, 6.45) is 13.1. The second-order valence-corrected chi connectivity index (χ2v) is 8.27. The lowest BCUT2D eigenvalue weighted by Crippen LogP contribution is -2.40. The highest BCUT2D eigenvalue weighted by Gasteiger charge is 2.44. The van der Waals surface area contributed by atoms with Gasteiger partial charge in [0.05, 0.1) is 17.5 Å². The number of rotatable bonds is 5. The van der Waals surface area contributed by atoms with Crippen molar-refractivity contribution >= 4 is 29.7 Å². The number of hydrogen-bond acceptors (Lipinski definition) is 2. The van der Waals surface area contributed by atoms with Crippen LogP contribution in [0.3, 0.4) is 0 Å². The fraction of sp³-hybridized carbons (Fsp3) is 0.632. The molecule has 2 N–H and O–H groups in total. The number of nitrogens with zero attached hydrogens (tertiary/aromatic N) is 1. The molecule has 130 valence electrons. The molecular weight excluding hydrogens is 324 g/mol. The first-order valence-electron chi connectivity index (χ1n) is 9.04. The molecule has 0 spiro atoms. The molecule has 1 heterocycles. The van der Waals surface area contributed by atoms with Crippen LogP contribution in [0.4, 0.5) is 0 Å². The van der Waals surface area contributed by atoms with Gasteiger partial charge in [0.1, 0.15) is 0 Å². The van der Waals surface area contributed by atoms with E-state index in [-0.39, 0.29) is 17.9 Å². The summed E-state index contributed by atoms with van der Waals surface area (Å²) in [6.45, 7) is 1.33. The number of halogens is 1. The van der Waals surface area contributed by atoms with Gasteiger partial charge < -0.3 is 15.0 Å². The third-order valence-corrected chi connectivity index (χ3v) is 6.45. The number of fused-ring (bicyclic) bond motifs is 3. The Kier molecular flexibility index (Phi) is 4.21. The van der Waals surface area contributed by atoms with Gasteiger partial charge in [-0.05, 0) is 55.9 Å². The van der Waals surface area contributed by atoms with Crippen LogP contribution in [0.25, 0.3) is 12.2 Å². The molecule has 2 bridgehead atoms. The third-order valence-electron chi connectivity index (χ3n) is 6.14. The van der Waals surface area contributed by atoms with E-state index in [4.69, 9.17) is 11.6 Å². The van der Waals surface area contributed by atoms with Crippen LogP contribution >= 0.6 is 11.6 Å². The molecule has 3 aliphatic carbocycles. The molecule has 24 heavy (non-hydrogen) atoms. The van der Waals surface area contributed by atoms with E-state index >= 15 is 0 Å². The van der Waals surface area contributed by atoms with Gasteiger partial charge >= 0.3 is 0 Å². The van der Waals surface area contributed by atoms with Crippen LogP contribution in [0.5, 0.6) is 0 Å². The number of carbonyl (C=O) groups is 1. The summed E-state index contributed by atoms with van der Waals surface area (Å²) in [7, 11) is 0. The van der Waals surface area contributed by atoms with E-state index in [2.05, 4.69) is 11.4 Å². The lowest BCUT2D eigenvalue weighted by Gasteiger charge is -2.26. The van der Waals surface area contributed by atoms with Crippen molar-refractivity contribution in [1.82, 2.24) is 9.88 Å². The molecular formula is C19H25ClN2O2. The van der Waals surface area contributed by atoms with Gasteiger partial charge in [0.2, 0.25) is 0 Å². The van der Waals surface area contributed by atoms with E-state index in [1.54, 1.807) is 0 Å². The highest BCUT2D eigenvalue weighted by Crippen LogP contribution is 2.53. The summed E-state index contributed by atoms with van der Waals surface area (Å²) >= 11 is 6.23. The molecule has 1 aromatic rings. The van der Waals surface area contributed by atoms with E-state index in [0.717, 1.165) is 29.5 Å². The van der Waals surface area contributed by atoms with Crippen LogP contribution in [-0.2, 0) is 6.54 Å².